The van der Waals surface area contributed by atoms with Gasteiger partial charge in [-0.15, -0.1) is 21.5 Å². The van der Waals surface area contributed by atoms with E-state index in [1.807, 2.05) is 18.4 Å². The van der Waals surface area contributed by atoms with Gasteiger partial charge in [0.1, 0.15) is 18.0 Å². The quantitative estimate of drug-likeness (QED) is 0.689. The van der Waals surface area contributed by atoms with E-state index in [2.05, 4.69) is 15.2 Å². The van der Waals surface area contributed by atoms with Gasteiger partial charge in [-0.25, -0.2) is 9.37 Å². The van der Waals surface area contributed by atoms with Crippen LogP contribution in [0.3, 0.4) is 0 Å². The molecule has 1 N–H and O–H groups in total. The van der Waals surface area contributed by atoms with Crippen molar-refractivity contribution in [2.75, 3.05) is 0 Å². The molecule has 2 atom stereocenters. The molecule has 3 aromatic rings. The minimum atomic E-state index is -0.953. The lowest BCUT2D eigenvalue weighted by atomic mass is 9.96. The van der Waals surface area contributed by atoms with Gasteiger partial charge < -0.3 is 9.84 Å². The lowest BCUT2D eigenvalue weighted by Gasteiger charge is -2.25. The summed E-state index contributed by atoms with van der Waals surface area (Å²) in [5.74, 6) is 0.416. The highest BCUT2D eigenvalue weighted by Gasteiger charge is 2.26. The second-order valence-electron chi connectivity index (χ2n) is 6.70. The van der Waals surface area contributed by atoms with Crippen LogP contribution in [-0.4, -0.2) is 32.6 Å². The Labute approximate surface area is 160 Å². The number of thiazole rings is 1. The van der Waals surface area contributed by atoms with Crippen LogP contribution >= 0.6 is 11.3 Å². The third-order valence-corrected chi connectivity index (χ3v) is 5.50. The summed E-state index contributed by atoms with van der Waals surface area (Å²) in [4.78, 5) is 4.43. The molecule has 140 valence electrons. The number of aryl methyl sites for hydroxylation is 1. The molecule has 2 aromatic heterocycles. The first-order valence-electron chi connectivity index (χ1n) is 9.00. The van der Waals surface area contributed by atoms with E-state index in [0.29, 0.717) is 30.0 Å². The highest BCUT2D eigenvalue weighted by Crippen LogP contribution is 2.33. The fourth-order valence-electron chi connectivity index (χ4n) is 3.27. The van der Waals surface area contributed by atoms with Crippen LogP contribution in [0.25, 0.3) is 22.5 Å². The van der Waals surface area contributed by atoms with Crippen molar-refractivity contribution in [2.24, 2.45) is 0 Å². The third-order valence-electron chi connectivity index (χ3n) is 4.72. The predicted molar refractivity (Wildman–Crippen MR) is 103 cm³/mol. The largest absolute Gasteiger partial charge is 0.507 e. The van der Waals surface area contributed by atoms with Gasteiger partial charge >= 0.3 is 0 Å². The first-order chi connectivity index (χ1) is 13.1. The summed E-state index contributed by atoms with van der Waals surface area (Å²) in [6.07, 6.45) is 1.70. The van der Waals surface area contributed by atoms with E-state index in [4.69, 9.17) is 4.74 Å². The summed E-state index contributed by atoms with van der Waals surface area (Å²) in [7, 11) is 0. The number of aromatic hydroxyl groups is 1. The fraction of sp³-hybridized carbons (Fsp3) is 0.350. The van der Waals surface area contributed by atoms with Gasteiger partial charge in [-0.05, 0) is 44.4 Å². The smallest absolute Gasteiger partial charge is 0.233 e. The Morgan fingerprint density at radius 3 is 2.63 bits per heavy atom. The van der Waals surface area contributed by atoms with Gasteiger partial charge in [0, 0.05) is 22.6 Å². The van der Waals surface area contributed by atoms with E-state index in [1.165, 1.54) is 0 Å². The van der Waals surface area contributed by atoms with Crippen LogP contribution in [0.4, 0.5) is 4.39 Å². The number of phenols is 1. The molecule has 1 aromatic carbocycles. The van der Waals surface area contributed by atoms with Gasteiger partial charge in [-0.1, -0.05) is 12.5 Å². The Kier molecular flexibility index (Phi) is 5.03. The number of rotatable bonds is 4. The minimum absolute atomic E-state index is 0.109. The van der Waals surface area contributed by atoms with E-state index in [1.54, 1.807) is 35.6 Å². The molecule has 0 amide bonds. The molecule has 1 saturated carbocycles. The van der Waals surface area contributed by atoms with Gasteiger partial charge in [0.25, 0.3) is 0 Å². The maximum atomic E-state index is 13.9. The van der Waals surface area contributed by atoms with Crippen LogP contribution in [0.1, 0.15) is 30.7 Å². The number of alkyl halides is 1. The molecule has 1 fully saturated rings. The van der Waals surface area contributed by atoms with Crippen LogP contribution in [0.15, 0.2) is 35.7 Å². The number of nitrogens with zero attached hydrogens (tertiary/aromatic N) is 3. The van der Waals surface area contributed by atoms with Crippen molar-refractivity contribution in [3.63, 3.8) is 0 Å². The van der Waals surface area contributed by atoms with Crippen LogP contribution in [0.2, 0.25) is 0 Å². The molecular weight excluding hydrogens is 365 g/mol. The van der Waals surface area contributed by atoms with E-state index in [0.717, 1.165) is 29.1 Å². The van der Waals surface area contributed by atoms with Crippen molar-refractivity contribution < 1.29 is 14.2 Å². The standard InChI is InChI=1S/C20H20FN3O2S/c1-12-22-17(11-27-12)13-6-7-14(18(25)10-13)16-8-9-20(24-23-16)26-19-5-3-2-4-15(19)21/h6-11,15,19,25H,2-5H2,1H3/t15-,19+/m1/s1. The Bertz CT molecular complexity index is 929. The number of hydrogen-bond donors (Lipinski definition) is 1. The molecule has 0 saturated heterocycles. The normalized spacial score (nSPS) is 19.8. The summed E-state index contributed by atoms with van der Waals surface area (Å²) in [5.41, 5.74) is 2.79. The van der Waals surface area contributed by atoms with Gasteiger partial charge in [-0.2, -0.15) is 0 Å². The van der Waals surface area contributed by atoms with Crippen LogP contribution in [0, 0.1) is 6.92 Å². The molecule has 7 heteroatoms. The van der Waals surface area contributed by atoms with E-state index in [-0.39, 0.29) is 5.75 Å². The van der Waals surface area contributed by atoms with Crippen molar-refractivity contribution >= 4 is 11.3 Å². The molecule has 0 bridgehead atoms. The average Bonchev–Trinajstić information content (AvgIpc) is 3.11. The number of hydrogen-bond acceptors (Lipinski definition) is 6. The number of ether oxygens (including phenoxy) is 1. The van der Waals surface area contributed by atoms with Gasteiger partial charge in [-0.3, -0.25) is 0 Å². The second kappa shape index (κ2) is 7.60. The van der Waals surface area contributed by atoms with Crippen molar-refractivity contribution in [1.29, 1.82) is 0 Å². The Morgan fingerprint density at radius 2 is 1.96 bits per heavy atom. The minimum Gasteiger partial charge on any atom is -0.507 e. The molecule has 1 aliphatic rings. The number of halogens is 1. The van der Waals surface area contributed by atoms with E-state index < -0.39 is 12.3 Å². The number of phenolic OH excluding ortho intramolecular Hbond substituents is 1. The molecule has 5 nitrogen and oxygen atoms in total. The molecule has 0 unspecified atom stereocenters. The topological polar surface area (TPSA) is 68.1 Å². The SMILES string of the molecule is Cc1nc(-c2ccc(-c3ccc(O[C@H]4CCCC[C@H]4F)nn3)c(O)c2)cs1. The molecular formula is C20H20FN3O2S. The van der Waals surface area contributed by atoms with E-state index in [9.17, 15) is 9.50 Å². The Balaban J connectivity index is 1.51. The summed E-state index contributed by atoms with van der Waals surface area (Å²) in [5, 5.41) is 21.5. The second-order valence-corrected chi connectivity index (χ2v) is 7.76. The maximum absolute atomic E-state index is 13.9. The zero-order valence-electron chi connectivity index (χ0n) is 14.9. The van der Waals surface area contributed by atoms with E-state index >= 15 is 0 Å². The molecule has 0 radical (unpaired) electrons. The number of benzene rings is 1. The average molecular weight is 385 g/mol. The monoisotopic (exact) mass is 385 g/mol. The first-order valence-corrected chi connectivity index (χ1v) is 9.88. The van der Waals surface area contributed by atoms with Crippen molar-refractivity contribution in [3.05, 3.63) is 40.7 Å². The van der Waals surface area contributed by atoms with Crippen molar-refractivity contribution in [3.8, 4) is 34.1 Å². The molecule has 0 aliphatic heterocycles. The van der Waals surface area contributed by atoms with Crippen molar-refractivity contribution in [2.45, 2.75) is 44.9 Å². The highest BCUT2D eigenvalue weighted by molar-refractivity contribution is 7.09. The summed E-state index contributed by atoms with van der Waals surface area (Å²) in [6, 6.07) is 8.75. The number of aromatic nitrogens is 3. The van der Waals surface area contributed by atoms with Crippen LogP contribution in [0.5, 0.6) is 11.6 Å². The summed E-state index contributed by atoms with van der Waals surface area (Å²) in [6.45, 7) is 1.94. The molecule has 27 heavy (non-hydrogen) atoms. The molecule has 0 spiro atoms. The van der Waals surface area contributed by atoms with Crippen molar-refractivity contribution in [1.82, 2.24) is 15.2 Å². The lowest BCUT2D eigenvalue weighted by molar-refractivity contribution is 0.0594. The highest BCUT2D eigenvalue weighted by atomic mass is 32.1. The van der Waals surface area contributed by atoms with Gasteiger partial charge in [0.2, 0.25) is 5.88 Å². The summed E-state index contributed by atoms with van der Waals surface area (Å²) >= 11 is 1.57. The Hall–Kier alpha value is -2.54. The first kappa shape index (κ1) is 17.9. The molecule has 4 rings (SSSR count). The lowest BCUT2D eigenvalue weighted by Crippen LogP contribution is -2.32. The third kappa shape index (κ3) is 3.93. The van der Waals surface area contributed by atoms with Crippen LogP contribution < -0.4 is 4.74 Å². The summed E-state index contributed by atoms with van der Waals surface area (Å²) < 4.78 is 19.5. The Morgan fingerprint density at radius 1 is 1.11 bits per heavy atom. The maximum Gasteiger partial charge on any atom is 0.233 e. The van der Waals surface area contributed by atoms with Crippen LogP contribution in [-0.2, 0) is 0 Å². The molecule has 1 aliphatic carbocycles. The zero-order chi connectivity index (χ0) is 18.8. The fourth-order valence-corrected chi connectivity index (χ4v) is 3.89. The zero-order valence-corrected chi connectivity index (χ0v) is 15.7. The predicted octanol–water partition coefficient (Wildman–Crippen LogP) is 4.94. The molecule has 2 heterocycles. The van der Waals surface area contributed by atoms with Gasteiger partial charge in [0.15, 0.2) is 0 Å². The van der Waals surface area contributed by atoms with Gasteiger partial charge in [0.05, 0.1) is 16.4 Å².